The molecule has 0 saturated carbocycles. The highest BCUT2D eigenvalue weighted by atomic mass is 16.5. The van der Waals surface area contributed by atoms with Gasteiger partial charge in [0.15, 0.2) is 0 Å². The van der Waals surface area contributed by atoms with Gasteiger partial charge in [0, 0.05) is 25.9 Å². The predicted molar refractivity (Wildman–Crippen MR) is 85.7 cm³/mol. The Morgan fingerprint density at radius 3 is 3.00 bits per heavy atom. The van der Waals surface area contributed by atoms with E-state index in [-0.39, 0.29) is 0 Å². The molecule has 0 spiro atoms. The molecule has 2 rings (SSSR count). The lowest BCUT2D eigenvalue weighted by atomic mass is 9.98. The Morgan fingerprint density at radius 1 is 1.40 bits per heavy atom. The van der Waals surface area contributed by atoms with Gasteiger partial charge in [-0.1, -0.05) is 24.6 Å². The van der Waals surface area contributed by atoms with E-state index in [1.54, 1.807) is 7.11 Å². The van der Waals surface area contributed by atoms with E-state index in [4.69, 9.17) is 4.74 Å². The number of ether oxygens (including phenoxy) is 1. The summed E-state index contributed by atoms with van der Waals surface area (Å²) in [6, 6.07) is 7.27. The molecule has 0 aliphatic carbocycles. The second-order valence-corrected chi connectivity index (χ2v) is 5.74. The zero-order valence-corrected chi connectivity index (χ0v) is 13.1. The number of rotatable bonds is 7. The van der Waals surface area contributed by atoms with Gasteiger partial charge < -0.3 is 15.0 Å². The Kier molecular flexibility index (Phi) is 5.86. The first kappa shape index (κ1) is 15.3. The van der Waals surface area contributed by atoms with Gasteiger partial charge in [-0.25, -0.2) is 0 Å². The summed E-state index contributed by atoms with van der Waals surface area (Å²) in [5, 5.41) is 3.54. The van der Waals surface area contributed by atoms with Crippen LogP contribution in [0.4, 0.5) is 5.69 Å². The lowest BCUT2D eigenvalue weighted by molar-refractivity contribution is 0.174. The first-order chi connectivity index (χ1) is 9.76. The van der Waals surface area contributed by atoms with Crippen molar-refractivity contribution in [2.75, 3.05) is 38.3 Å². The number of benzene rings is 1. The van der Waals surface area contributed by atoms with Crippen molar-refractivity contribution in [1.29, 1.82) is 0 Å². The predicted octanol–water partition coefficient (Wildman–Crippen LogP) is 2.76. The standard InChI is InChI=1S/C17H28N2O/c1-4-9-18-12-16(13-20-3)19-10-5-6-15-11-14(2)7-8-17(15)19/h7-8,11,16,18H,4-6,9-10,12-13H2,1-3H3. The molecule has 0 fully saturated rings. The van der Waals surface area contributed by atoms with E-state index in [0.717, 1.165) is 26.2 Å². The van der Waals surface area contributed by atoms with Crippen LogP contribution in [-0.4, -0.2) is 39.4 Å². The molecule has 1 atom stereocenters. The number of nitrogens with one attached hydrogen (secondary N) is 1. The zero-order chi connectivity index (χ0) is 14.4. The Hall–Kier alpha value is -1.06. The number of hydrogen-bond acceptors (Lipinski definition) is 3. The van der Waals surface area contributed by atoms with Gasteiger partial charge in [-0.2, -0.15) is 0 Å². The largest absolute Gasteiger partial charge is 0.383 e. The number of anilines is 1. The van der Waals surface area contributed by atoms with Gasteiger partial charge in [0.2, 0.25) is 0 Å². The Morgan fingerprint density at radius 2 is 2.25 bits per heavy atom. The van der Waals surface area contributed by atoms with Crippen LogP contribution in [0.2, 0.25) is 0 Å². The minimum Gasteiger partial charge on any atom is -0.383 e. The Labute approximate surface area is 123 Å². The molecule has 0 aromatic heterocycles. The van der Waals surface area contributed by atoms with Crippen LogP contribution in [0.3, 0.4) is 0 Å². The number of fused-ring (bicyclic) bond motifs is 1. The van der Waals surface area contributed by atoms with E-state index in [0.29, 0.717) is 6.04 Å². The van der Waals surface area contributed by atoms with Crippen molar-refractivity contribution < 1.29 is 4.74 Å². The summed E-state index contributed by atoms with van der Waals surface area (Å²) in [5.41, 5.74) is 4.26. The van der Waals surface area contributed by atoms with Gasteiger partial charge in [-0.15, -0.1) is 0 Å². The number of nitrogens with zero attached hydrogens (tertiary/aromatic N) is 1. The lowest BCUT2D eigenvalue weighted by Gasteiger charge is -2.38. The topological polar surface area (TPSA) is 24.5 Å². The molecule has 0 bridgehead atoms. The Balaban J connectivity index is 2.13. The molecular weight excluding hydrogens is 248 g/mol. The first-order valence-corrected chi connectivity index (χ1v) is 7.82. The van der Waals surface area contributed by atoms with Crippen molar-refractivity contribution >= 4 is 5.69 Å². The maximum Gasteiger partial charge on any atom is 0.0678 e. The van der Waals surface area contributed by atoms with Crippen LogP contribution in [0, 0.1) is 6.92 Å². The second-order valence-electron chi connectivity index (χ2n) is 5.74. The number of aryl methyl sites for hydroxylation is 2. The molecule has 3 heteroatoms. The summed E-state index contributed by atoms with van der Waals surface area (Å²) in [5.74, 6) is 0. The van der Waals surface area contributed by atoms with Crippen molar-refractivity contribution in [2.24, 2.45) is 0 Å². The molecule has 1 aromatic carbocycles. The maximum absolute atomic E-state index is 5.44. The molecule has 0 amide bonds. The van der Waals surface area contributed by atoms with Crippen molar-refractivity contribution in [3.05, 3.63) is 29.3 Å². The molecule has 1 heterocycles. The molecule has 1 aliphatic heterocycles. The normalized spacial score (nSPS) is 16.1. The van der Waals surface area contributed by atoms with E-state index in [2.05, 4.69) is 42.3 Å². The molecule has 1 aliphatic rings. The minimum atomic E-state index is 0.424. The fraction of sp³-hybridized carbons (Fsp3) is 0.647. The molecule has 0 radical (unpaired) electrons. The third-order valence-corrected chi connectivity index (χ3v) is 4.00. The van der Waals surface area contributed by atoms with Crippen molar-refractivity contribution in [1.82, 2.24) is 5.32 Å². The SMILES string of the molecule is CCCNCC(COC)N1CCCc2cc(C)ccc21. The molecule has 1 unspecified atom stereocenters. The van der Waals surface area contributed by atoms with E-state index in [1.807, 2.05) is 0 Å². The van der Waals surface area contributed by atoms with Crippen LogP contribution >= 0.6 is 0 Å². The molecule has 3 nitrogen and oxygen atoms in total. The van der Waals surface area contributed by atoms with Crippen LogP contribution in [0.15, 0.2) is 18.2 Å². The second kappa shape index (κ2) is 7.65. The fourth-order valence-corrected chi connectivity index (χ4v) is 3.03. The van der Waals surface area contributed by atoms with Crippen molar-refractivity contribution in [3.8, 4) is 0 Å². The van der Waals surface area contributed by atoms with Crippen molar-refractivity contribution in [3.63, 3.8) is 0 Å². The molecule has 112 valence electrons. The summed E-state index contributed by atoms with van der Waals surface area (Å²) in [6.07, 6.45) is 3.62. The van der Waals surface area contributed by atoms with Crippen LogP contribution in [0.25, 0.3) is 0 Å². The van der Waals surface area contributed by atoms with Gasteiger partial charge in [0.05, 0.1) is 12.6 Å². The molecule has 20 heavy (non-hydrogen) atoms. The third-order valence-electron chi connectivity index (χ3n) is 4.00. The highest BCUT2D eigenvalue weighted by Gasteiger charge is 2.23. The van der Waals surface area contributed by atoms with Gasteiger partial charge in [-0.05, 0) is 44.4 Å². The van der Waals surface area contributed by atoms with Gasteiger partial charge in [-0.3, -0.25) is 0 Å². The maximum atomic E-state index is 5.44. The minimum absolute atomic E-state index is 0.424. The summed E-state index contributed by atoms with van der Waals surface area (Å²) in [4.78, 5) is 2.53. The lowest BCUT2D eigenvalue weighted by Crippen LogP contribution is -2.47. The fourth-order valence-electron chi connectivity index (χ4n) is 3.03. The average Bonchev–Trinajstić information content (AvgIpc) is 2.45. The van der Waals surface area contributed by atoms with E-state index in [9.17, 15) is 0 Å². The van der Waals surface area contributed by atoms with Crippen LogP contribution in [0.5, 0.6) is 0 Å². The first-order valence-electron chi connectivity index (χ1n) is 7.82. The van der Waals surface area contributed by atoms with Crippen LogP contribution in [-0.2, 0) is 11.2 Å². The molecule has 1 aromatic rings. The van der Waals surface area contributed by atoms with Crippen LogP contribution < -0.4 is 10.2 Å². The van der Waals surface area contributed by atoms with Gasteiger partial charge in [0.25, 0.3) is 0 Å². The van der Waals surface area contributed by atoms with Gasteiger partial charge in [0.1, 0.15) is 0 Å². The van der Waals surface area contributed by atoms with Crippen LogP contribution in [0.1, 0.15) is 30.9 Å². The highest BCUT2D eigenvalue weighted by Crippen LogP contribution is 2.29. The zero-order valence-electron chi connectivity index (χ0n) is 13.1. The highest BCUT2D eigenvalue weighted by molar-refractivity contribution is 5.57. The van der Waals surface area contributed by atoms with E-state index >= 15 is 0 Å². The van der Waals surface area contributed by atoms with Crippen molar-refractivity contribution in [2.45, 2.75) is 39.2 Å². The number of hydrogen-bond donors (Lipinski definition) is 1. The smallest absolute Gasteiger partial charge is 0.0678 e. The summed E-state index contributed by atoms with van der Waals surface area (Å²) < 4.78 is 5.44. The monoisotopic (exact) mass is 276 g/mol. The summed E-state index contributed by atoms with van der Waals surface area (Å²) >= 11 is 0. The number of methoxy groups -OCH3 is 1. The Bertz CT molecular complexity index is 419. The van der Waals surface area contributed by atoms with Gasteiger partial charge >= 0.3 is 0 Å². The third kappa shape index (κ3) is 3.74. The van der Waals surface area contributed by atoms with E-state index < -0.39 is 0 Å². The molecule has 1 N–H and O–H groups in total. The summed E-state index contributed by atoms with van der Waals surface area (Å²) in [7, 11) is 1.80. The average molecular weight is 276 g/mol. The molecule has 0 saturated heterocycles. The summed E-state index contributed by atoms with van der Waals surface area (Å²) in [6.45, 7) is 8.37. The van der Waals surface area contributed by atoms with E-state index in [1.165, 1.54) is 36.1 Å². The molecular formula is C17H28N2O. The quantitative estimate of drug-likeness (QED) is 0.775.